The zero-order chi connectivity index (χ0) is 15.2. The molecule has 0 radical (unpaired) electrons. The molecule has 0 aromatic heterocycles. The molecular weight excluding hydrogens is 262 g/mol. The minimum Gasteiger partial charge on any atom is -0.508 e. The first-order chi connectivity index (χ1) is 10.1. The van der Waals surface area contributed by atoms with E-state index in [1.165, 1.54) is 11.1 Å². The third-order valence-corrected chi connectivity index (χ3v) is 3.74. The van der Waals surface area contributed by atoms with E-state index in [1.54, 1.807) is 19.2 Å². The lowest BCUT2D eigenvalue weighted by atomic mass is 10.1. The lowest BCUT2D eigenvalue weighted by Crippen LogP contribution is -2.18. The van der Waals surface area contributed by atoms with E-state index < -0.39 is 0 Å². The van der Waals surface area contributed by atoms with Crippen molar-refractivity contribution < 1.29 is 9.84 Å². The molecule has 3 nitrogen and oxygen atoms in total. The van der Waals surface area contributed by atoms with Crippen LogP contribution >= 0.6 is 0 Å². The van der Waals surface area contributed by atoms with Crippen LogP contribution in [0, 0.1) is 0 Å². The van der Waals surface area contributed by atoms with Gasteiger partial charge < -0.3 is 15.2 Å². The smallest absolute Gasteiger partial charge is 0.120 e. The molecule has 3 heteroatoms. The van der Waals surface area contributed by atoms with E-state index in [9.17, 15) is 5.11 Å². The van der Waals surface area contributed by atoms with Crippen molar-refractivity contribution in [1.82, 2.24) is 5.32 Å². The second kappa shape index (κ2) is 7.14. The molecule has 0 bridgehead atoms. The van der Waals surface area contributed by atoms with Gasteiger partial charge >= 0.3 is 0 Å². The fraction of sp³-hybridized carbons (Fsp3) is 0.333. The van der Waals surface area contributed by atoms with Gasteiger partial charge in [-0.2, -0.15) is 0 Å². The van der Waals surface area contributed by atoms with E-state index in [0.29, 0.717) is 0 Å². The number of methoxy groups -OCH3 is 1. The molecule has 2 aromatic carbocycles. The van der Waals surface area contributed by atoms with Crippen LogP contribution in [0.5, 0.6) is 11.5 Å². The van der Waals surface area contributed by atoms with Gasteiger partial charge in [-0.1, -0.05) is 31.2 Å². The zero-order valence-corrected chi connectivity index (χ0v) is 12.9. The summed E-state index contributed by atoms with van der Waals surface area (Å²) in [6.45, 7) is 4.96. The van der Waals surface area contributed by atoms with Gasteiger partial charge in [0.05, 0.1) is 7.11 Å². The molecule has 0 amide bonds. The number of phenols is 1. The molecule has 0 fully saturated rings. The van der Waals surface area contributed by atoms with Gasteiger partial charge in [0, 0.05) is 18.2 Å². The number of phenolic OH excluding ortho intramolecular Hbond substituents is 1. The first-order valence-electron chi connectivity index (χ1n) is 7.32. The maximum absolute atomic E-state index is 9.97. The Kier molecular flexibility index (Phi) is 5.23. The van der Waals surface area contributed by atoms with Crippen LogP contribution in [0.1, 0.15) is 36.6 Å². The molecule has 0 aliphatic heterocycles. The van der Waals surface area contributed by atoms with E-state index >= 15 is 0 Å². The average Bonchev–Trinajstić information content (AvgIpc) is 2.53. The molecule has 2 aromatic rings. The third-order valence-electron chi connectivity index (χ3n) is 3.74. The van der Waals surface area contributed by atoms with Crippen LogP contribution in [0.4, 0.5) is 0 Å². The molecule has 1 unspecified atom stereocenters. The fourth-order valence-corrected chi connectivity index (χ4v) is 2.28. The Labute approximate surface area is 126 Å². The Bertz CT molecular complexity index is 578. The molecule has 0 spiro atoms. The van der Waals surface area contributed by atoms with Crippen LogP contribution < -0.4 is 10.1 Å². The van der Waals surface area contributed by atoms with Crippen molar-refractivity contribution in [2.24, 2.45) is 0 Å². The summed E-state index contributed by atoms with van der Waals surface area (Å²) in [6.07, 6.45) is 1.06. The Hall–Kier alpha value is -2.00. The largest absolute Gasteiger partial charge is 0.508 e. The van der Waals surface area contributed by atoms with Crippen molar-refractivity contribution in [2.45, 2.75) is 32.9 Å². The maximum Gasteiger partial charge on any atom is 0.120 e. The van der Waals surface area contributed by atoms with Crippen molar-refractivity contribution in [3.05, 3.63) is 59.2 Å². The fourth-order valence-electron chi connectivity index (χ4n) is 2.28. The first-order valence-corrected chi connectivity index (χ1v) is 7.32. The topological polar surface area (TPSA) is 41.5 Å². The van der Waals surface area contributed by atoms with Crippen molar-refractivity contribution >= 4 is 0 Å². The molecule has 0 aliphatic carbocycles. The number of benzene rings is 2. The highest BCUT2D eigenvalue weighted by Gasteiger charge is 2.11. The SMILES string of the molecule is CCc1ccc(CNC(C)c2cc(OC)ccc2O)cc1. The van der Waals surface area contributed by atoms with E-state index in [4.69, 9.17) is 4.74 Å². The van der Waals surface area contributed by atoms with Gasteiger partial charge in [-0.3, -0.25) is 0 Å². The minimum atomic E-state index is 0.0472. The summed E-state index contributed by atoms with van der Waals surface area (Å²) >= 11 is 0. The Morgan fingerprint density at radius 3 is 2.38 bits per heavy atom. The molecule has 2 rings (SSSR count). The van der Waals surface area contributed by atoms with Gasteiger partial charge in [0.25, 0.3) is 0 Å². The van der Waals surface area contributed by atoms with E-state index in [2.05, 4.69) is 36.5 Å². The monoisotopic (exact) mass is 285 g/mol. The second-order valence-corrected chi connectivity index (χ2v) is 5.20. The highest BCUT2D eigenvalue weighted by molar-refractivity contribution is 5.41. The highest BCUT2D eigenvalue weighted by Crippen LogP contribution is 2.28. The standard InChI is InChI=1S/C18H23NO2/c1-4-14-5-7-15(8-6-14)12-19-13(2)17-11-16(21-3)9-10-18(17)20/h5-11,13,19-20H,4,12H2,1-3H3. The lowest BCUT2D eigenvalue weighted by Gasteiger charge is -2.16. The summed E-state index contributed by atoms with van der Waals surface area (Å²) in [7, 11) is 1.63. The van der Waals surface area contributed by atoms with Gasteiger partial charge in [-0.25, -0.2) is 0 Å². The van der Waals surface area contributed by atoms with Crippen LogP contribution in [0.15, 0.2) is 42.5 Å². The first kappa shape index (κ1) is 15.4. The van der Waals surface area contributed by atoms with Gasteiger partial charge in [0.15, 0.2) is 0 Å². The van der Waals surface area contributed by atoms with Crippen LogP contribution in [0.2, 0.25) is 0 Å². The Morgan fingerprint density at radius 1 is 1.10 bits per heavy atom. The van der Waals surface area contributed by atoms with Gasteiger partial charge in [0.1, 0.15) is 11.5 Å². The number of hydrogen-bond acceptors (Lipinski definition) is 3. The number of aromatic hydroxyl groups is 1. The highest BCUT2D eigenvalue weighted by atomic mass is 16.5. The van der Waals surface area contributed by atoms with Gasteiger partial charge in [-0.05, 0) is 42.7 Å². The molecule has 1 atom stereocenters. The van der Waals surface area contributed by atoms with Crippen molar-refractivity contribution in [2.75, 3.05) is 7.11 Å². The number of aryl methyl sites for hydroxylation is 1. The normalized spacial score (nSPS) is 12.1. The molecule has 2 N–H and O–H groups in total. The number of hydrogen-bond donors (Lipinski definition) is 2. The van der Waals surface area contributed by atoms with E-state index in [-0.39, 0.29) is 11.8 Å². The Morgan fingerprint density at radius 2 is 1.76 bits per heavy atom. The number of rotatable bonds is 6. The Balaban J connectivity index is 2.02. The zero-order valence-electron chi connectivity index (χ0n) is 12.9. The predicted octanol–water partition coefficient (Wildman–Crippen LogP) is 3.81. The van der Waals surface area contributed by atoms with E-state index in [0.717, 1.165) is 24.3 Å². The van der Waals surface area contributed by atoms with Crippen LogP contribution in [0.3, 0.4) is 0 Å². The third kappa shape index (κ3) is 3.99. The predicted molar refractivity (Wildman–Crippen MR) is 85.7 cm³/mol. The van der Waals surface area contributed by atoms with Crippen molar-refractivity contribution in [3.8, 4) is 11.5 Å². The van der Waals surface area contributed by atoms with E-state index in [1.807, 2.05) is 13.0 Å². The lowest BCUT2D eigenvalue weighted by molar-refractivity contribution is 0.407. The number of nitrogens with one attached hydrogen (secondary N) is 1. The van der Waals surface area contributed by atoms with Crippen molar-refractivity contribution in [1.29, 1.82) is 0 Å². The molecule has 0 saturated heterocycles. The van der Waals surface area contributed by atoms with Crippen molar-refractivity contribution in [3.63, 3.8) is 0 Å². The molecule has 0 aliphatic rings. The summed E-state index contributed by atoms with van der Waals surface area (Å²) in [5, 5.41) is 13.4. The van der Waals surface area contributed by atoms with Crippen LogP contribution in [-0.2, 0) is 13.0 Å². The van der Waals surface area contributed by atoms with Crippen LogP contribution in [-0.4, -0.2) is 12.2 Å². The molecule has 0 heterocycles. The quantitative estimate of drug-likeness (QED) is 0.848. The average molecular weight is 285 g/mol. The summed E-state index contributed by atoms with van der Waals surface area (Å²) in [4.78, 5) is 0. The molecular formula is C18H23NO2. The maximum atomic E-state index is 9.97. The molecule has 21 heavy (non-hydrogen) atoms. The second-order valence-electron chi connectivity index (χ2n) is 5.20. The van der Waals surface area contributed by atoms with Crippen LogP contribution in [0.25, 0.3) is 0 Å². The summed E-state index contributed by atoms with van der Waals surface area (Å²) in [6, 6.07) is 13.9. The molecule has 0 saturated carbocycles. The molecule has 112 valence electrons. The summed E-state index contributed by atoms with van der Waals surface area (Å²) in [5.74, 6) is 1.04. The summed E-state index contributed by atoms with van der Waals surface area (Å²) in [5.41, 5.74) is 3.43. The number of ether oxygens (including phenoxy) is 1. The van der Waals surface area contributed by atoms with Gasteiger partial charge in [-0.15, -0.1) is 0 Å². The summed E-state index contributed by atoms with van der Waals surface area (Å²) < 4.78 is 5.21. The van der Waals surface area contributed by atoms with Gasteiger partial charge in [0.2, 0.25) is 0 Å². The minimum absolute atomic E-state index is 0.0472.